The van der Waals surface area contributed by atoms with E-state index in [2.05, 4.69) is 54.0 Å². The second-order valence-electron chi connectivity index (χ2n) is 15.2. The van der Waals surface area contributed by atoms with Gasteiger partial charge >= 0.3 is 5.69 Å². The molecule has 1 atom stereocenters. The van der Waals surface area contributed by atoms with Crippen LogP contribution in [-0.4, -0.2) is 39.1 Å². The number of aromatic nitrogens is 3. The first-order valence-electron chi connectivity index (χ1n) is 16.7. The predicted octanol–water partition coefficient (Wildman–Crippen LogP) is 6.21. The van der Waals surface area contributed by atoms with Crippen LogP contribution >= 0.6 is 11.6 Å². The number of aromatic amines is 1. The summed E-state index contributed by atoms with van der Waals surface area (Å²) in [5.41, 5.74) is 21.3. The average Bonchev–Trinajstić information content (AvgIpc) is 3.40. The maximum Gasteiger partial charge on any atom is 0.354 e. The number of nitrogens with one attached hydrogen (secondary N) is 2. The Morgan fingerprint density at radius 2 is 1.75 bits per heavy atom. The number of H-pyrrole nitrogens is 1. The molecule has 0 amide bonds. The minimum Gasteiger partial charge on any atom is -0.370 e. The van der Waals surface area contributed by atoms with Crippen LogP contribution in [0.1, 0.15) is 90.1 Å². The number of halogens is 2. The largest absolute Gasteiger partial charge is 0.370 e. The second kappa shape index (κ2) is 15.2. The molecule has 0 spiro atoms. The van der Waals surface area contributed by atoms with Crippen molar-refractivity contribution in [2.45, 2.75) is 104 Å². The monoisotopic (exact) mass is 678 g/mol. The molecule has 0 saturated heterocycles. The highest BCUT2D eigenvalue weighted by atomic mass is 35.5. The molecule has 4 aromatic rings. The van der Waals surface area contributed by atoms with Crippen LogP contribution in [0.3, 0.4) is 0 Å². The molecule has 8 N–H and O–H groups in total. The standard InChI is InChI=1S/C22H31N7O.C15H21ClFN/c1-14(9-10-25-20(23)24)26-12-15-5-7-17(8-6-15)29-13-16-11-18(22(2,3)4)27-19(16)28-21(29)30;1-15(2,3)12-7-10(8-13(16)14(12)17)4-9-5-11(18)6-9/h5-8,11,13-14,26H,9-10,12H2,1-4H3,(H4,23,24,25)(H,27,28,30);7-9,11H,4-6,18H2,1-3H3/t14-;/m1./s1. The van der Waals surface area contributed by atoms with E-state index in [0.717, 1.165) is 60.1 Å². The Morgan fingerprint density at radius 3 is 2.33 bits per heavy atom. The van der Waals surface area contributed by atoms with E-state index in [1.807, 2.05) is 57.3 Å². The summed E-state index contributed by atoms with van der Waals surface area (Å²) in [6, 6.07) is 14.3. The zero-order valence-corrected chi connectivity index (χ0v) is 30.1. The SMILES string of the molecule is CC(C)(C)c1cc(CC2CC(N)C2)cc(Cl)c1F.C[C@H](CCN=C(N)N)NCc1ccc(-n2cc3cc(C(C)(C)C)[nH]c3nc2=O)cc1. The molecule has 1 saturated carbocycles. The minimum atomic E-state index is -0.302. The number of guanidine groups is 1. The maximum absolute atomic E-state index is 14.0. The molecule has 48 heavy (non-hydrogen) atoms. The predicted molar refractivity (Wildman–Crippen MR) is 196 cm³/mol. The summed E-state index contributed by atoms with van der Waals surface area (Å²) in [7, 11) is 0. The van der Waals surface area contributed by atoms with Crippen molar-refractivity contribution in [1.82, 2.24) is 19.9 Å². The molecule has 0 bridgehead atoms. The van der Waals surface area contributed by atoms with E-state index in [4.69, 9.17) is 28.8 Å². The highest BCUT2D eigenvalue weighted by Gasteiger charge is 2.27. The van der Waals surface area contributed by atoms with Crippen LogP contribution in [0, 0.1) is 11.7 Å². The van der Waals surface area contributed by atoms with Crippen molar-refractivity contribution in [3.05, 3.63) is 92.4 Å². The summed E-state index contributed by atoms with van der Waals surface area (Å²) in [5.74, 6) is 0.475. The highest BCUT2D eigenvalue weighted by Crippen LogP contribution is 2.34. The molecule has 2 aromatic carbocycles. The minimum absolute atomic E-state index is 0.0381. The van der Waals surface area contributed by atoms with Crippen LogP contribution in [0.5, 0.6) is 0 Å². The number of nitrogens with zero attached hydrogens (tertiary/aromatic N) is 3. The molecule has 1 aliphatic carbocycles. The highest BCUT2D eigenvalue weighted by molar-refractivity contribution is 6.30. The Kier molecular flexibility index (Phi) is 11.8. The quantitative estimate of drug-likeness (QED) is 0.105. The normalized spacial score (nSPS) is 17.0. The molecular weight excluding hydrogens is 627 g/mol. The van der Waals surface area contributed by atoms with E-state index in [0.29, 0.717) is 29.7 Å². The third kappa shape index (κ3) is 9.90. The third-order valence-electron chi connectivity index (χ3n) is 8.73. The fraction of sp³-hybridized carbons (Fsp3) is 0.486. The molecule has 1 aliphatic rings. The Balaban J connectivity index is 0.000000246. The number of hydrogen-bond acceptors (Lipinski definition) is 5. The summed E-state index contributed by atoms with van der Waals surface area (Å²) in [6.07, 6.45) is 5.79. The number of hydrogen-bond donors (Lipinski definition) is 5. The summed E-state index contributed by atoms with van der Waals surface area (Å²) in [5, 5.41) is 4.60. The van der Waals surface area contributed by atoms with Gasteiger partial charge in [-0.2, -0.15) is 4.98 Å². The van der Waals surface area contributed by atoms with E-state index in [9.17, 15) is 9.18 Å². The molecule has 1 fully saturated rings. The van der Waals surface area contributed by atoms with Gasteiger partial charge in [-0.3, -0.25) is 9.56 Å². The molecule has 9 nitrogen and oxygen atoms in total. The lowest BCUT2D eigenvalue weighted by molar-refractivity contribution is 0.264. The summed E-state index contributed by atoms with van der Waals surface area (Å²) >= 11 is 6.00. The lowest BCUT2D eigenvalue weighted by Gasteiger charge is -2.33. The summed E-state index contributed by atoms with van der Waals surface area (Å²) in [4.78, 5) is 24.0. The second-order valence-corrected chi connectivity index (χ2v) is 15.6. The Bertz CT molecular complexity index is 1770. The van der Waals surface area contributed by atoms with Gasteiger partial charge in [0.1, 0.15) is 11.5 Å². The van der Waals surface area contributed by atoms with Crippen molar-refractivity contribution in [3.8, 4) is 5.69 Å². The average molecular weight is 679 g/mol. The first-order chi connectivity index (χ1) is 22.4. The number of benzene rings is 2. The number of nitrogens with two attached hydrogens (primary N) is 3. The van der Waals surface area contributed by atoms with Crippen molar-refractivity contribution >= 4 is 28.6 Å². The van der Waals surface area contributed by atoms with Gasteiger partial charge in [-0.25, -0.2) is 9.18 Å². The lowest BCUT2D eigenvalue weighted by atomic mass is 9.76. The van der Waals surface area contributed by atoms with Crippen LogP contribution in [0.15, 0.2) is 58.4 Å². The zero-order valence-electron chi connectivity index (χ0n) is 29.3. The molecule has 2 heterocycles. The van der Waals surface area contributed by atoms with Crippen LogP contribution in [-0.2, 0) is 23.8 Å². The topological polar surface area (TPSA) is 153 Å². The van der Waals surface area contributed by atoms with Crippen LogP contribution in [0.4, 0.5) is 4.39 Å². The molecule has 0 radical (unpaired) electrons. The van der Waals surface area contributed by atoms with Gasteiger partial charge in [0, 0.05) is 47.9 Å². The van der Waals surface area contributed by atoms with Crippen molar-refractivity contribution in [1.29, 1.82) is 0 Å². The molecule has 5 rings (SSSR count). The van der Waals surface area contributed by atoms with Gasteiger partial charge in [0.25, 0.3) is 0 Å². The first-order valence-corrected chi connectivity index (χ1v) is 17.0. The maximum atomic E-state index is 14.0. The Labute approximate surface area is 288 Å². The van der Waals surface area contributed by atoms with Gasteiger partial charge < -0.3 is 27.5 Å². The van der Waals surface area contributed by atoms with Gasteiger partial charge in [-0.15, -0.1) is 0 Å². The van der Waals surface area contributed by atoms with Gasteiger partial charge in [-0.1, -0.05) is 71.3 Å². The van der Waals surface area contributed by atoms with E-state index < -0.39 is 0 Å². The zero-order chi connectivity index (χ0) is 35.4. The van der Waals surface area contributed by atoms with E-state index in [-0.39, 0.29) is 39.4 Å². The van der Waals surface area contributed by atoms with Gasteiger partial charge in [0.15, 0.2) is 5.96 Å². The van der Waals surface area contributed by atoms with E-state index in [1.165, 1.54) is 0 Å². The van der Waals surface area contributed by atoms with Crippen molar-refractivity contribution in [3.63, 3.8) is 0 Å². The smallest absolute Gasteiger partial charge is 0.354 e. The van der Waals surface area contributed by atoms with Crippen LogP contribution in [0.25, 0.3) is 16.7 Å². The summed E-state index contributed by atoms with van der Waals surface area (Å²) < 4.78 is 15.6. The number of fused-ring (bicyclic) bond motifs is 1. The molecule has 0 unspecified atom stereocenters. The Morgan fingerprint density at radius 1 is 1.08 bits per heavy atom. The number of aliphatic imine (C=N–C) groups is 1. The van der Waals surface area contributed by atoms with E-state index >= 15 is 0 Å². The van der Waals surface area contributed by atoms with E-state index in [1.54, 1.807) is 10.6 Å². The van der Waals surface area contributed by atoms with Gasteiger partial charge in [0.2, 0.25) is 0 Å². The van der Waals surface area contributed by atoms with Crippen LogP contribution in [0.2, 0.25) is 5.02 Å². The lowest BCUT2D eigenvalue weighted by Crippen LogP contribution is -2.37. The van der Waals surface area contributed by atoms with Gasteiger partial charge in [-0.05, 0) is 84.9 Å². The first kappa shape index (κ1) is 37.1. The van der Waals surface area contributed by atoms with Crippen molar-refractivity contribution in [2.24, 2.45) is 28.1 Å². The fourth-order valence-corrected chi connectivity index (χ4v) is 5.98. The molecule has 2 aromatic heterocycles. The molecule has 11 heteroatoms. The molecule has 260 valence electrons. The van der Waals surface area contributed by atoms with Crippen molar-refractivity contribution < 1.29 is 4.39 Å². The molecule has 0 aliphatic heterocycles. The Hall–Kier alpha value is -3.73. The van der Waals surface area contributed by atoms with Crippen molar-refractivity contribution in [2.75, 3.05) is 6.54 Å². The third-order valence-corrected chi connectivity index (χ3v) is 9.01. The van der Waals surface area contributed by atoms with Gasteiger partial charge in [0.05, 0.1) is 10.7 Å². The summed E-state index contributed by atoms with van der Waals surface area (Å²) in [6.45, 7) is 15.8. The van der Waals surface area contributed by atoms with Crippen LogP contribution < -0.4 is 28.2 Å². The fourth-order valence-electron chi connectivity index (χ4n) is 5.74. The number of rotatable bonds is 9. The molecular formula is C37H52ClFN8O.